The summed E-state index contributed by atoms with van der Waals surface area (Å²) >= 11 is 0. The summed E-state index contributed by atoms with van der Waals surface area (Å²) in [6.45, 7) is 4.63. The van der Waals surface area contributed by atoms with E-state index in [0.29, 0.717) is 6.61 Å². The first-order valence-corrected chi connectivity index (χ1v) is 4.48. The van der Waals surface area contributed by atoms with E-state index >= 15 is 0 Å². The molecule has 1 aliphatic rings. The summed E-state index contributed by atoms with van der Waals surface area (Å²) in [5.41, 5.74) is 0.207. The molecule has 0 spiro atoms. The van der Waals surface area contributed by atoms with Crippen LogP contribution in [-0.4, -0.2) is 24.8 Å². The van der Waals surface area contributed by atoms with Crippen molar-refractivity contribution in [3.8, 4) is 12.8 Å². The first kappa shape index (κ1) is 11.5. The fraction of sp³-hybridized carbons (Fsp3) is 0.800. The number of aliphatic hydroxyl groups is 1. The highest BCUT2D eigenvalue weighted by Gasteiger charge is 2.28. The Labute approximate surface area is 75.4 Å². The molecule has 1 atom stereocenters. The maximum Gasteiger partial charge on any atom is 0.0499 e. The number of aliphatic hydroxyl groups excluding tert-OH is 1. The first-order chi connectivity index (χ1) is 5.83. The molecular weight excluding hydrogens is 150 g/mol. The van der Waals surface area contributed by atoms with Gasteiger partial charge in [0, 0.05) is 18.6 Å². The maximum atomic E-state index is 9.10. The van der Waals surface area contributed by atoms with Crippen LogP contribution in [-0.2, 0) is 0 Å². The van der Waals surface area contributed by atoms with E-state index < -0.39 is 0 Å². The molecule has 1 fully saturated rings. The van der Waals surface area contributed by atoms with Crippen LogP contribution in [0.4, 0.5) is 0 Å². The fourth-order valence-electron chi connectivity index (χ4n) is 1.58. The van der Waals surface area contributed by atoms with E-state index in [1.165, 1.54) is 12.8 Å². The Morgan fingerprint density at radius 3 is 2.42 bits per heavy atom. The maximum absolute atomic E-state index is 9.10. The summed E-state index contributed by atoms with van der Waals surface area (Å²) in [5.74, 6) is 0. The minimum Gasteiger partial charge on any atom is -0.396 e. The standard InChI is InChI=1S/C8H17NO.C2H2/c1-2-8(7-10)4-3-5-9-6-8;1-2/h9-10H,2-7H2,1H3;1-2H. The van der Waals surface area contributed by atoms with Gasteiger partial charge in [-0.15, -0.1) is 12.8 Å². The molecular formula is C10H19NO. The predicted molar refractivity (Wildman–Crippen MR) is 51.8 cm³/mol. The zero-order chi connectivity index (χ0) is 9.45. The lowest BCUT2D eigenvalue weighted by Gasteiger charge is -2.34. The van der Waals surface area contributed by atoms with Crippen LogP contribution in [0.2, 0.25) is 0 Å². The van der Waals surface area contributed by atoms with Crippen LogP contribution in [0.5, 0.6) is 0 Å². The Morgan fingerprint density at radius 2 is 2.17 bits per heavy atom. The molecule has 0 aromatic heterocycles. The van der Waals surface area contributed by atoms with Gasteiger partial charge in [0.2, 0.25) is 0 Å². The molecule has 1 saturated heterocycles. The average Bonchev–Trinajstić information content (AvgIpc) is 2.22. The van der Waals surface area contributed by atoms with Gasteiger partial charge in [-0.25, -0.2) is 0 Å². The normalized spacial score (nSPS) is 28.7. The highest BCUT2D eigenvalue weighted by atomic mass is 16.3. The number of terminal acetylenes is 1. The second-order valence-electron chi connectivity index (χ2n) is 3.29. The van der Waals surface area contributed by atoms with E-state index in [2.05, 4.69) is 25.1 Å². The molecule has 0 aromatic rings. The minimum atomic E-state index is 0.207. The predicted octanol–water partition coefficient (Wildman–Crippen LogP) is 1.01. The number of rotatable bonds is 2. The fourth-order valence-corrected chi connectivity index (χ4v) is 1.58. The van der Waals surface area contributed by atoms with Crippen molar-refractivity contribution in [2.24, 2.45) is 5.41 Å². The lowest BCUT2D eigenvalue weighted by atomic mass is 9.79. The van der Waals surface area contributed by atoms with Crippen LogP contribution in [0.15, 0.2) is 0 Å². The molecule has 1 heterocycles. The number of hydrogen-bond acceptors (Lipinski definition) is 2. The molecule has 0 bridgehead atoms. The number of nitrogens with one attached hydrogen (secondary N) is 1. The van der Waals surface area contributed by atoms with Crippen molar-refractivity contribution in [2.75, 3.05) is 19.7 Å². The van der Waals surface area contributed by atoms with E-state index in [1.54, 1.807) is 0 Å². The molecule has 0 saturated carbocycles. The number of hydrogen-bond donors (Lipinski definition) is 2. The second-order valence-corrected chi connectivity index (χ2v) is 3.29. The van der Waals surface area contributed by atoms with Crippen molar-refractivity contribution >= 4 is 0 Å². The van der Waals surface area contributed by atoms with E-state index in [0.717, 1.165) is 19.5 Å². The lowest BCUT2D eigenvalue weighted by Crippen LogP contribution is -2.41. The Morgan fingerprint density at radius 1 is 1.50 bits per heavy atom. The molecule has 12 heavy (non-hydrogen) atoms. The van der Waals surface area contributed by atoms with E-state index in [1.807, 2.05) is 0 Å². The minimum absolute atomic E-state index is 0.207. The van der Waals surface area contributed by atoms with Crippen LogP contribution >= 0.6 is 0 Å². The Kier molecular flexibility index (Phi) is 5.79. The van der Waals surface area contributed by atoms with Crippen LogP contribution in [0.1, 0.15) is 26.2 Å². The summed E-state index contributed by atoms with van der Waals surface area (Å²) in [7, 11) is 0. The van der Waals surface area contributed by atoms with Gasteiger partial charge in [-0.2, -0.15) is 0 Å². The van der Waals surface area contributed by atoms with E-state index in [-0.39, 0.29) is 5.41 Å². The molecule has 0 aromatic carbocycles. The third-order valence-corrected chi connectivity index (χ3v) is 2.65. The Bertz CT molecular complexity index is 119. The molecule has 0 amide bonds. The summed E-state index contributed by atoms with van der Waals surface area (Å²) in [6.07, 6.45) is 11.5. The van der Waals surface area contributed by atoms with Gasteiger partial charge in [0.1, 0.15) is 0 Å². The first-order valence-electron chi connectivity index (χ1n) is 4.48. The van der Waals surface area contributed by atoms with Crippen molar-refractivity contribution in [3.63, 3.8) is 0 Å². The lowest BCUT2D eigenvalue weighted by molar-refractivity contribution is 0.0908. The summed E-state index contributed by atoms with van der Waals surface area (Å²) < 4.78 is 0. The SMILES string of the molecule is C#C.CCC1(CO)CCCNC1. The van der Waals surface area contributed by atoms with E-state index in [4.69, 9.17) is 5.11 Å². The molecule has 1 rings (SSSR count). The van der Waals surface area contributed by atoms with E-state index in [9.17, 15) is 0 Å². The van der Waals surface area contributed by atoms with Crippen LogP contribution in [0.25, 0.3) is 0 Å². The van der Waals surface area contributed by atoms with Crippen LogP contribution in [0, 0.1) is 18.3 Å². The van der Waals surface area contributed by atoms with Gasteiger partial charge in [0.25, 0.3) is 0 Å². The van der Waals surface area contributed by atoms with Crippen molar-refractivity contribution in [1.29, 1.82) is 0 Å². The van der Waals surface area contributed by atoms with Gasteiger partial charge in [0.15, 0.2) is 0 Å². The van der Waals surface area contributed by atoms with Gasteiger partial charge >= 0.3 is 0 Å². The third kappa shape index (κ3) is 2.84. The molecule has 0 radical (unpaired) electrons. The highest BCUT2D eigenvalue weighted by Crippen LogP contribution is 2.28. The quantitative estimate of drug-likeness (QED) is 0.605. The van der Waals surface area contributed by atoms with Gasteiger partial charge < -0.3 is 10.4 Å². The molecule has 2 heteroatoms. The van der Waals surface area contributed by atoms with Crippen molar-refractivity contribution in [3.05, 3.63) is 0 Å². The van der Waals surface area contributed by atoms with Crippen molar-refractivity contribution in [1.82, 2.24) is 5.32 Å². The largest absolute Gasteiger partial charge is 0.396 e. The number of piperidine rings is 1. The Balaban J connectivity index is 0.000000561. The van der Waals surface area contributed by atoms with Crippen molar-refractivity contribution < 1.29 is 5.11 Å². The topological polar surface area (TPSA) is 32.3 Å². The molecule has 2 N–H and O–H groups in total. The highest BCUT2D eigenvalue weighted by molar-refractivity contribution is 4.83. The summed E-state index contributed by atoms with van der Waals surface area (Å²) in [5, 5.41) is 12.4. The van der Waals surface area contributed by atoms with Gasteiger partial charge in [-0.05, 0) is 25.8 Å². The molecule has 1 unspecified atom stereocenters. The monoisotopic (exact) mass is 169 g/mol. The zero-order valence-electron chi connectivity index (χ0n) is 7.84. The Hall–Kier alpha value is -0.520. The average molecular weight is 169 g/mol. The van der Waals surface area contributed by atoms with Crippen LogP contribution < -0.4 is 5.32 Å². The molecule has 70 valence electrons. The summed E-state index contributed by atoms with van der Waals surface area (Å²) in [6, 6.07) is 0. The van der Waals surface area contributed by atoms with Gasteiger partial charge in [-0.1, -0.05) is 6.92 Å². The smallest absolute Gasteiger partial charge is 0.0499 e. The molecule has 1 aliphatic heterocycles. The summed E-state index contributed by atoms with van der Waals surface area (Å²) in [4.78, 5) is 0. The molecule has 2 nitrogen and oxygen atoms in total. The zero-order valence-corrected chi connectivity index (χ0v) is 7.84. The van der Waals surface area contributed by atoms with Crippen molar-refractivity contribution in [2.45, 2.75) is 26.2 Å². The molecule has 0 aliphatic carbocycles. The van der Waals surface area contributed by atoms with Gasteiger partial charge in [-0.3, -0.25) is 0 Å². The van der Waals surface area contributed by atoms with Crippen LogP contribution in [0.3, 0.4) is 0 Å². The van der Waals surface area contributed by atoms with Gasteiger partial charge in [0.05, 0.1) is 0 Å². The second kappa shape index (κ2) is 6.05. The third-order valence-electron chi connectivity index (χ3n) is 2.65.